The molecular formula is C17H25N3. The van der Waals surface area contributed by atoms with E-state index in [0.29, 0.717) is 5.41 Å². The molecule has 0 aliphatic heterocycles. The molecule has 2 rings (SSSR count). The largest absolute Gasteiger partial charge is 0.373 e. The van der Waals surface area contributed by atoms with Gasteiger partial charge < -0.3 is 10.2 Å². The number of benzene rings is 1. The first kappa shape index (κ1) is 14.8. The van der Waals surface area contributed by atoms with Crippen LogP contribution in [0.5, 0.6) is 0 Å². The zero-order chi connectivity index (χ0) is 14.8. The van der Waals surface area contributed by atoms with Gasteiger partial charge in [-0.25, -0.2) is 4.98 Å². The van der Waals surface area contributed by atoms with Crippen LogP contribution in [0.1, 0.15) is 26.3 Å². The van der Waals surface area contributed by atoms with Crippen molar-refractivity contribution in [2.45, 2.75) is 27.3 Å². The molecule has 20 heavy (non-hydrogen) atoms. The Morgan fingerprint density at radius 3 is 2.55 bits per heavy atom. The first-order valence-electron chi connectivity index (χ1n) is 7.14. The number of anilines is 1. The Kier molecular flexibility index (Phi) is 4.29. The molecule has 3 heteroatoms. The molecule has 2 aromatic rings. The maximum absolute atomic E-state index is 4.71. The lowest BCUT2D eigenvalue weighted by Gasteiger charge is -2.27. The summed E-state index contributed by atoms with van der Waals surface area (Å²) in [4.78, 5) is 7.06. The van der Waals surface area contributed by atoms with Crippen LogP contribution in [-0.2, 0) is 6.54 Å². The van der Waals surface area contributed by atoms with Crippen molar-refractivity contribution < 1.29 is 0 Å². The van der Waals surface area contributed by atoms with E-state index in [2.05, 4.69) is 62.3 Å². The van der Waals surface area contributed by atoms with E-state index in [1.807, 2.05) is 13.1 Å². The molecule has 0 unspecified atom stereocenters. The fraction of sp³-hybridized carbons (Fsp3) is 0.471. The van der Waals surface area contributed by atoms with E-state index in [0.717, 1.165) is 24.4 Å². The summed E-state index contributed by atoms with van der Waals surface area (Å²) in [5.41, 5.74) is 2.59. The van der Waals surface area contributed by atoms with Crippen LogP contribution in [0.25, 0.3) is 10.9 Å². The maximum atomic E-state index is 4.71. The number of hydrogen-bond donors (Lipinski definition) is 1. The molecule has 1 aromatic heterocycles. The zero-order valence-electron chi connectivity index (χ0n) is 13.2. The first-order valence-corrected chi connectivity index (χ1v) is 7.14. The van der Waals surface area contributed by atoms with Crippen LogP contribution < -0.4 is 5.32 Å². The molecule has 0 atom stereocenters. The molecule has 3 nitrogen and oxygen atoms in total. The number of aromatic nitrogens is 1. The highest BCUT2D eigenvalue weighted by Crippen LogP contribution is 2.22. The van der Waals surface area contributed by atoms with Gasteiger partial charge in [-0.15, -0.1) is 0 Å². The number of nitrogens with zero attached hydrogens (tertiary/aromatic N) is 2. The molecule has 1 aromatic carbocycles. The summed E-state index contributed by atoms with van der Waals surface area (Å²) in [6.07, 6.45) is 0. The highest BCUT2D eigenvalue weighted by atomic mass is 15.1. The molecule has 0 fully saturated rings. The zero-order valence-corrected chi connectivity index (χ0v) is 13.2. The minimum atomic E-state index is 0.304. The van der Waals surface area contributed by atoms with Crippen molar-refractivity contribution in [3.05, 3.63) is 35.9 Å². The SMILES string of the molecule is CNc1nc2ccccc2cc1CN(C)CC(C)(C)C. The molecule has 0 aliphatic rings. The average Bonchev–Trinajstić information content (AvgIpc) is 2.35. The lowest BCUT2D eigenvalue weighted by atomic mass is 9.96. The van der Waals surface area contributed by atoms with Gasteiger partial charge >= 0.3 is 0 Å². The highest BCUT2D eigenvalue weighted by molar-refractivity contribution is 5.81. The molecule has 108 valence electrons. The van der Waals surface area contributed by atoms with Gasteiger partial charge in [-0.3, -0.25) is 0 Å². The van der Waals surface area contributed by atoms with Gasteiger partial charge in [-0.05, 0) is 24.6 Å². The molecule has 1 N–H and O–H groups in total. The second-order valence-electron chi connectivity index (χ2n) is 6.67. The predicted molar refractivity (Wildman–Crippen MR) is 87.1 cm³/mol. The normalized spacial score (nSPS) is 12.1. The Bertz CT molecular complexity index is 584. The fourth-order valence-electron chi connectivity index (χ4n) is 2.65. The molecule has 1 heterocycles. The third kappa shape index (κ3) is 3.70. The van der Waals surface area contributed by atoms with Crippen LogP contribution >= 0.6 is 0 Å². The Hall–Kier alpha value is -1.61. The summed E-state index contributed by atoms with van der Waals surface area (Å²) in [6.45, 7) is 8.76. The van der Waals surface area contributed by atoms with Crippen LogP contribution in [0, 0.1) is 5.41 Å². The van der Waals surface area contributed by atoms with E-state index < -0.39 is 0 Å². The molecule has 0 aliphatic carbocycles. The van der Waals surface area contributed by atoms with E-state index in [4.69, 9.17) is 4.98 Å². The monoisotopic (exact) mass is 271 g/mol. The van der Waals surface area contributed by atoms with Crippen LogP contribution in [-0.4, -0.2) is 30.5 Å². The van der Waals surface area contributed by atoms with Gasteiger partial charge in [0, 0.05) is 31.1 Å². The quantitative estimate of drug-likeness (QED) is 0.918. The van der Waals surface area contributed by atoms with Crippen LogP contribution in [0.3, 0.4) is 0 Å². The van der Waals surface area contributed by atoms with Gasteiger partial charge in [0.15, 0.2) is 0 Å². The smallest absolute Gasteiger partial charge is 0.130 e. The second kappa shape index (κ2) is 5.80. The molecule has 0 saturated heterocycles. The summed E-state index contributed by atoms with van der Waals surface area (Å²) < 4.78 is 0. The van der Waals surface area contributed by atoms with Gasteiger partial charge in [0.25, 0.3) is 0 Å². The van der Waals surface area contributed by atoms with Crippen molar-refractivity contribution in [3.8, 4) is 0 Å². The van der Waals surface area contributed by atoms with Crippen molar-refractivity contribution in [3.63, 3.8) is 0 Å². The third-order valence-corrected chi connectivity index (χ3v) is 3.22. The summed E-state index contributed by atoms with van der Waals surface area (Å²) in [5, 5.41) is 4.42. The van der Waals surface area contributed by atoms with E-state index >= 15 is 0 Å². The van der Waals surface area contributed by atoms with Crippen molar-refractivity contribution in [2.24, 2.45) is 5.41 Å². The lowest BCUT2D eigenvalue weighted by molar-refractivity contribution is 0.221. The maximum Gasteiger partial charge on any atom is 0.130 e. The van der Waals surface area contributed by atoms with Crippen molar-refractivity contribution in [1.82, 2.24) is 9.88 Å². The van der Waals surface area contributed by atoms with Crippen molar-refractivity contribution in [1.29, 1.82) is 0 Å². The summed E-state index contributed by atoms with van der Waals surface area (Å²) in [7, 11) is 4.10. The number of hydrogen-bond acceptors (Lipinski definition) is 3. The van der Waals surface area contributed by atoms with E-state index in [-0.39, 0.29) is 0 Å². The van der Waals surface area contributed by atoms with Gasteiger partial charge in [-0.1, -0.05) is 39.0 Å². The lowest BCUT2D eigenvalue weighted by Crippen LogP contribution is -2.29. The Morgan fingerprint density at radius 1 is 1.20 bits per heavy atom. The average molecular weight is 271 g/mol. The van der Waals surface area contributed by atoms with Crippen molar-refractivity contribution in [2.75, 3.05) is 26.0 Å². The topological polar surface area (TPSA) is 28.2 Å². The third-order valence-electron chi connectivity index (χ3n) is 3.22. The molecule has 0 spiro atoms. The molecule has 0 radical (unpaired) electrons. The van der Waals surface area contributed by atoms with E-state index in [1.54, 1.807) is 0 Å². The highest BCUT2D eigenvalue weighted by Gasteiger charge is 2.15. The number of pyridine rings is 1. The number of rotatable bonds is 4. The minimum Gasteiger partial charge on any atom is -0.373 e. The van der Waals surface area contributed by atoms with Crippen LogP contribution in [0.2, 0.25) is 0 Å². The van der Waals surface area contributed by atoms with Gasteiger partial charge in [0.05, 0.1) is 5.52 Å². The number of nitrogens with one attached hydrogen (secondary N) is 1. The second-order valence-corrected chi connectivity index (χ2v) is 6.67. The fourth-order valence-corrected chi connectivity index (χ4v) is 2.65. The predicted octanol–water partition coefficient (Wildman–Crippen LogP) is 3.75. The molecular weight excluding hydrogens is 246 g/mol. The van der Waals surface area contributed by atoms with Gasteiger partial charge in [0.1, 0.15) is 5.82 Å². The molecule has 0 amide bonds. The molecule has 0 bridgehead atoms. The summed E-state index contributed by atoms with van der Waals surface area (Å²) >= 11 is 0. The summed E-state index contributed by atoms with van der Waals surface area (Å²) in [6, 6.07) is 10.5. The minimum absolute atomic E-state index is 0.304. The number of fused-ring (bicyclic) bond motifs is 1. The first-order chi connectivity index (χ1) is 9.39. The van der Waals surface area contributed by atoms with Crippen LogP contribution in [0.4, 0.5) is 5.82 Å². The molecule has 0 saturated carbocycles. The Labute approximate surface area is 122 Å². The van der Waals surface area contributed by atoms with Crippen molar-refractivity contribution >= 4 is 16.7 Å². The number of para-hydroxylation sites is 1. The van der Waals surface area contributed by atoms with E-state index in [9.17, 15) is 0 Å². The summed E-state index contributed by atoms with van der Waals surface area (Å²) in [5.74, 6) is 0.976. The van der Waals surface area contributed by atoms with Crippen LogP contribution in [0.15, 0.2) is 30.3 Å². The van der Waals surface area contributed by atoms with E-state index in [1.165, 1.54) is 10.9 Å². The Morgan fingerprint density at radius 2 is 1.90 bits per heavy atom. The van der Waals surface area contributed by atoms with Gasteiger partial charge in [-0.2, -0.15) is 0 Å². The van der Waals surface area contributed by atoms with Gasteiger partial charge in [0.2, 0.25) is 0 Å². The Balaban J connectivity index is 2.28. The standard InChI is InChI=1S/C17H25N3/c1-17(2,3)12-20(5)11-14-10-13-8-6-7-9-15(13)19-16(14)18-4/h6-10H,11-12H2,1-5H3,(H,18,19).